The van der Waals surface area contributed by atoms with E-state index in [9.17, 15) is 9.59 Å². The third-order valence-electron chi connectivity index (χ3n) is 4.12. The maximum atomic E-state index is 12.4. The number of nitrogens with zero attached hydrogens (tertiary/aromatic N) is 5. The van der Waals surface area contributed by atoms with E-state index >= 15 is 0 Å². The van der Waals surface area contributed by atoms with Crippen molar-refractivity contribution in [3.05, 3.63) is 78.5 Å². The Kier molecular flexibility index (Phi) is 5.56. The van der Waals surface area contributed by atoms with Gasteiger partial charge in [0.1, 0.15) is 12.3 Å². The lowest BCUT2D eigenvalue weighted by atomic mass is 10.1. The van der Waals surface area contributed by atoms with E-state index in [1.807, 2.05) is 0 Å². The summed E-state index contributed by atoms with van der Waals surface area (Å²) in [6, 6.07) is 13.9. The van der Waals surface area contributed by atoms with Gasteiger partial charge in [-0.25, -0.2) is 0 Å². The van der Waals surface area contributed by atoms with Gasteiger partial charge in [0.05, 0.1) is 24.1 Å². The standard InChI is InChI=1S/C20H17N7O3/c28-18(22-12-15-6-4-10-30-15)13-27-25-19(24-26-27)16-7-1-2-8-17(16)23-20(29)14-5-3-9-21-11-14/h1-11H,12-13H2,(H,22,28)(H,23,29). The number of furan rings is 1. The van der Waals surface area contributed by atoms with Gasteiger partial charge in [0, 0.05) is 18.0 Å². The number of benzene rings is 1. The third-order valence-corrected chi connectivity index (χ3v) is 4.12. The Morgan fingerprint density at radius 3 is 2.77 bits per heavy atom. The Bertz CT molecular complexity index is 1140. The number of anilines is 1. The maximum absolute atomic E-state index is 12.4. The van der Waals surface area contributed by atoms with Crippen molar-refractivity contribution in [1.82, 2.24) is 30.5 Å². The first-order valence-corrected chi connectivity index (χ1v) is 9.07. The lowest BCUT2D eigenvalue weighted by Gasteiger charge is -2.08. The third kappa shape index (κ3) is 4.55. The van der Waals surface area contributed by atoms with Crippen molar-refractivity contribution in [3.63, 3.8) is 0 Å². The molecule has 0 radical (unpaired) electrons. The normalized spacial score (nSPS) is 10.5. The van der Waals surface area contributed by atoms with Crippen LogP contribution in [0.15, 0.2) is 71.6 Å². The lowest BCUT2D eigenvalue weighted by Crippen LogP contribution is -2.27. The summed E-state index contributed by atoms with van der Waals surface area (Å²) in [5.41, 5.74) is 1.53. The van der Waals surface area contributed by atoms with Gasteiger partial charge in [-0.05, 0) is 41.6 Å². The van der Waals surface area contributed by atoms with Gasteiger partial charge in [-0.15, -0.1) is 10.2 Å². The molecule has 3 aromatic heterocycles. The summed E-state index contributed by atoms with van der Waals surface area (Å²) in [5.74, 6) is 0.346. The van der Waals surface area contributed by atoms with Crippen LogP contribution in [0.2, 0.25) is 0 Å². The molecule has 0 bridgehead atoms. The van der Waals surface area contributed by atoms with Crippen LogP contribution in [-0.2, 0) is 17.9 Å². The van der Waals surface area contributed by atoms with Gasteiger partial charge >= 0.3 is 0 Å². The van der Waals surface area contributed by atoms with Crippen LogP contribution in [0.25, 0.3) is 11.4 Å². The highest BCUT2D eigenvalue weighted by atomic mass is 16.3. The molecule has 0 aliphatic carbocycles. The number of carbonyl (C=O) groups excluding carboxylic acids is 2. The number of nitrogens with one attached hydrogen (secondary N) is 2. The highest BCUT2D eigenvalue weighted by Gasteiger charge is 2.15. The Morgan fingerprint density at radius 1 is 1.07 bits per heavy atom. The number of tetrazole rings is 1. The van der Waals surface area contributed by atoms with Crippen molar-refractivity contribution in [2.75, 3.05) is 5.32 Å². The topological polar surface area (TPSA) is 128 Å². The van der Waals surface area contributed by atoms with E-state index in [0.29, 0.717) is 22.6 Å². The Balaban J connectivity index is 1.44. The number of hydrogen-bond donors (Lipinski definition) is 2. The molecule has 2 amide bonds. The first-order chi connectivity index (χ1) is 14.7. The molecule has 1 aromatic carbocycles. The molecule has 10 nitrogen and oxygen atoms in total. The Hall–Kier alpha value is -4.34. The molecule has 0 aliphatic rings. The van der Waals surface area contributed by atoms with Crippen molar-refractivity contribution in [1.29, 1.82) is 0 Å². The van der Waals surface area contributed by atoms with Crippen molar-refractivity contribution in [2.45, 2.75) is 13.1 Å². The first-order valence-electron chi connectivity index (χ1n) is 9.07. The second-order valence-corrected chi connectivity index (χ2v) is 6.24. The second kappa shape index (κ2) is 8.78. The lowest BCUT2D eigenvalue weighted by molar-refractivity contribution is -0.122. The average molecular weight is 403 g/mol. The first kappa shape index (κ1) is 19.0. The predicted octanol–water partition coefficient (Wildman–Crippen LogP) is 1.90. The van der Waals surface area contributed by atoms with Gasteiger partial charge in [0.25, 0.3) is 5.91 Å². The van der Waals surface area contributed by atoms with E-state index in [-0.39, 0.29) is 30.7 Å². The van der Waals surface area contributed by atoms with Crippen molar-refractivity contribution < 1.29 is 14.0 Å². The quantitative estimate of drug-likeness (QED) is 0.482. The Labute approximate surface area is 170 Å². The second-order valence-electron chi connectivity index (χ2n) is 6.24. The summed E-state index contributed by atoms with van der Waals surface area (Å²) >= 11 is 0. The summed E-state index contributed by atoms with van der Waals surface area (Å²) in [4.78, 5) is 29.7. The van der Waals surface area contributed by atoms with E-state index < -0.39 is 0 Å². The molecule has 0 saturated heterocycles. The van der Waals surface area contributed by atoms with Crippen LogP contribution in [-0.4, -0.2) is 37.0 Å². The Morgan fingerprint density at radius 2 is 1.97 bits per heavy atom. The molecule has 0 unspecified atom stereocenters. The molecule has 0 aliphatic heterocycles. The zero-order valence-electron chi connectivity index (χ0n) is 15.7. The number of hydrogen-bond acceptors (Lipinski definition) is 7. The summed E-state index contributed by atoms with van der Waals surface area (Å²) in [5, 5.41) is 17.7. The minimum absolute atomic E-state index is 0.0993. The van der Waals surface area contributed by atoms with Crippen molar-refractivity contribution >= 4 is 17.5 Å². The molecule has 4 aromatic rings. The van der Waals surface area contributed by atoms with Gasteiger partial charge in [-0.3, -0.25) is 14.6 Å². The largest absolute Gasteiger partial charge is 0.467 e. The SMILES string of the molecule is O=C(Cn1nnc(-c2ccccc2NC(=O)c2cccnc2)n1)NCc1ccco1. The fraction of sp³-hybridized carbons (Fsp3) is 0.100. The molecular formula is C20H17N7O3. The number of aromatic nitrogens is 5. The van der Waals surface area contributed by atoms with E-state index in [2.05, 4.69) is 31.0 Å². The summed E-state index contributed by atoms with van der Waals surface area (Å²) in [6.07, 6.45) is 4.61. The molecule has 4 rings (SSSR count). The minimum Gasteiger partial charge on any atom is -0.467 e. The summed E-state index contributed by atoms with van der Waals surface area (Å²) in [7, 11) is 0. The highest BCUT2D eigenvalue weighted by Crippen LogP contribution is 2.24. The van der Waals surface area contributed by atoms with Crippen LogP contribution in [0.3, 0.4) is 0 Å². The van der Waals surface area contributed by atoms with Gasteiger partial charge in [0.15, 0.2) is 0 Å². The molecular weight excluding hydrogens is 386 g/mol. The molecule has 10 heteroatoms. The molecule has 0 atom stereocenters. The molecule has 3 heterocycles. The zero-order valence-corrected chi connectivity index (χ0v) is 15.7. The van der Waals surface area contributed by atoms with Gasteiger partial charge in [-0.2, -0.15) is 4.80 Å². The zero-order chi connectivity index (χ0) is 20.8. The molecule has 0 spiro atoms. The summed E-state index contributed by atoms with van der Waals surface area (Å²) in [6.45, 7) is 0.175. The van der Waals surface area contributed by atoms with Crippen LogP contribution in [0.1, 0.15) is 16.1 Å². The van der Waals surface area contributed by atoms with E-state index in [0.717, 1.165) is 0 Å². The van der Waals surface area contributed by atoms with Crippen LogP contribution >= 0.6 is 0 Å². The number of amides is 2. The minimum atomic E-state index is -0.305. The molecule has 30 heavy (non-hydrogen) atoms. The fourth-order valence-electron chi connectivity index (χ4n) is 2.68. The van der Waals surface area contributed by atoms with Crippen LogP contribution in [0.5, 0.6) is 0 Å². The maximum Gasteiger partial charge on any atom is 0.257 e. The highest BCUT2D eigenvalue weighted by molar-refractivity contribution is 6.05. The molecule has 0 saturated carbocycles. The van der Waals surface area contributed by atoms with Gasteiger partial charge < -0.3 is 15.1 Å². The van der Waals surface area contributed by atoms with Crippen molar-refractivity contribution in [3.8, 4) is 11.4 Å². The smallest absolute Gasteiger partial charge is 0.257 e. The fourth-order valence-corrected chi connectivity index (χ4v) is 2.68. The summed E-state index contributed by atoms with van der Waals surface area (Å²) < 4.78 is 5.17. The van der Waals surface area contributed by atoms with Crippen LogP contribution in [0.4, 0.5) is 5.69 Å². The van der Waals surface area contributed by atoms with Crippen LogP contribution < -0.4 is 10.6 Å². The average Bonchev–Trinajstić information content (AvgIpc) is 3.45. The molecule has 0 fully saturated rings. The van der Waals surface area contributed by atoms with E-state index in [1.54, 1.807) is 54.7 Å². The van der Waals surface area contributed by atoms with E-state index in [1.165, 1.54) is 17.3 Å². The van der Waals surface area contributed by atoms with Gasteiger partial charge in [0.2, 0.25) is 11.7 Å². The monoisotopic (exact) mass is 403 g/mol. The van der Waals surface area contributed by atoms with Crippen molar-refractivity contribution in [2.24, 2.45) is 0 Å². The molecule has 2 N–H and O–H groups in total. The number of para-hydroxylation sites is 1. The molecule has 150 valence electrons. The van der Waals surface area contributed by atoms with E-state index in [4.69, 9.17) is 4.42 Å². The van der Waals surface area contributed by atoms with Gasteiger partial charge in [-0.1, -0.05) is 12.1 Å². The predicted molar refractivity (Wildman–Crippen MR) is 106 cm³/mol. The number of pyridine rings is 1. The van der Waals surface area contributed by atoms with Crippen LogP contribution in [0, 0.1) is 0 Å². The number of rotatable bonds is 7. The number of carbonyl (C=O) groups is 2.